The number of rotatable bonds is 8. The van der Waals surface area contributed by atoms with Crippen LogP contribution in [0.3, 0.4) is 0 Å². The number of nitrogens with one attached hydrogen (secondary N) is 1. The summed E-state index contributed by atoms with van der Waals surface area (Å²) in [6.07, 6.45) is 0.213. The Hall–Kier alpha value is -3.45. The first-order chi connectivity index (χ1) is 16.9. The van der Waals surface area contributed by atoms with E-state index in [-0.39, 0.29) is 30.0 Å². The Labute approximate surface area is 206 Å². The summed E-state index contributed by atoms with van der Waals surface area (Å²) in [4.78, 5) is 19.4. The van der Waals surface area contributed by atoms with Gasteiger partial charge in [0.05, 0.1) is 12.5 Å². The van der Waals surface area contributed by atoms with Crippen LogP contribution in [0.15, 0.2) is 72.8 Å². The number of carbonyl (C=O) groups is 1. The Balaban J connectivity index is 1.43. The van der Waals surface area contributed by atoms with Crippen molar-refractivity contribution in [1.29, 1.82) is 0 Å². The van der Waals surface area contributed by atoms with Crippen LogP contribution in [-0.2, 0) is 11.2 Å². The molecule has 35 heavy (non-hydrogen) atoms. The summed E-state index contributed by atoms with van der Waals surface area (Å²) in [5.41, 5.74) is 4.07. The van der Waals surface area contributed by atoms with E-state index in [2.05, 4.69) is 44.3 Å². The molecule has 0 spiro atoms. The molecule has 0 radical (unpaired) electrons. The maximum absolute atomic E-state index is 13.3. The van der Waals surface area contributed by atoms with Crippen molar-refractivity contribution in [3.8, 4) is 0 Å². The van der Waals surface area contributed by atoms with E-state index in [9.17, 15) is 13.6 Å². The number of anilines is 2. The Morgan fingerprint density at radius 3 is 2.00 bits per heavy atom. The molecule has 1 unspecified atom stereocenters. The van der Waals surface area contributed by atoms with Crippen LogP contribution in [0.5, 0.6) is 0 Å². The maximum atomic E-state index is 13.3. The van der Waals surface area contributed by atoms with Crippen LogP contribution in [0.2, 0.25) is 0 Å². The zero-order valence-corrected chi connectivity index (χ0v) is 20.3. The minimum absolute atomic E-state index is 0.0266. The zero-order chi connectivity index (χ0) is 24.8. The SMILES string of the molecule is CN(C)c1ccc(C(CNC(=O)Cc2ccc(F)cc2)N2CCN(c3ccc(F)cc3)CC2)cc1. The lowest BCUT2D eigenvalue weighted by Gasteiger charge is -2.40. The number of piperazine rings is 1. The molecule has 3 aromatic carbocycles. The quantitative estimate of drug-likeness (QED) is 0.525. The van der Waals surface area contributed by atoms with Gasteiger partial charge < -0.3 is 15.1 Å². The Morgan fingerprint density at radius 2 is 1.43 bits per heavy atom. The number of benzene rings is 3. The van der Waals surface area contributed by atoms with Gasteiger partial charge in [-0.1, -0.05) is 24.3 Å². The summed E-state index contributed by atoms with van der Waals surface area (Å²) in [5, 5.41) is 3.09. The zero-order valence-electron chi connectivity index (χ0n) is 20.3. The van der Waals surface area contributed by atoms with Gasteiger partial charge in [-0.05, 0) is 59.7 Å². The second-order valence-corrected chi connectivity index (χ2v) is 9.11. The van der Waals surface area contributed by atoms with E-state index in [1.165, 1.54) is 24.3 Å². The van der Waals surface area contributed by atoms with Gasteiger partial charge >= 0.3 is 0 Å². The number of hydrogen-bond donors (Lipinski definition) is 1. The third-order valence-electron chi connectivity index (χ3n) is 6.51. The van der Waals surface area contributed by atoms with Gasteiger partial charge in [0.1, 0.15) is 11.6 Å². The van der Waals surface area contributed by atoms with Gasteiger partial charge in [-0.3, -0.25) is 9.69 Å². The van der Waals surface area contributed by atoms with E-state index >= 15 is 0 Å². The second-order valence-electron chi connectivity index (χ2n) is 9.11. The van der Waals surface area contributed by atoms with Crippen molar-refractivity contribution in [3.05, 3.63) is 95.6 Å². The van der Waals surface area contributed by atoms with Gasteiger partial charge in [-0.25, -0.2) is 8.78 Å². The average Bonchev–Trinajstić information content (AvgIpc) is 2.87. The van der Waals surface area contributed by atoms with Gasteiger partial charge in [-0.2, -0.15) is 0 Å². The van der Waals surface area contributed by atoms with E-state index in [1.807, 2.05) is 26.2 Å². The van der Waals surface area contributed by atoms with E-state index in [1.54, 1.807) is 12.1 Å². The molecule has 0 bridgehead atoms. The summed E-state index contributed by atoms with van der Waals surface area (Å²) >= 11 is 0. The van der Waals surface area contributed by atoms with Crippen LogP contribution < -0.4 is 15.1 Å². The van der Waals surface area contributed by atoms with E-state index in [0.717, 1.165) is 48.7 Å². The predicted molar refractivity (Wildman–Crippen MR) is 137 cm³/mol. The smallest absolute Gasteiger partial charge is 0.224 e. The van der Waals surface area contributed by atoms with Gasteiger partial charge in [-0.15, -0.1) is 0 Å². The number of amides is 1. The van der Waals surface area contributed by atoms with E-state index < -0.39 is 0 Å². The highest BCUT2D eigenvalue weighted by Gasteiger charge is 2.26. The standard InChI is InChI=1S/C28H32F2N4O/c1-32(2)25-11-5-22(6-12-25)27(20-31-28(35)19-21-3-7-23(29)8-4-21)34-17-15-33(16-18-34)26-13-9-24(30)10-14-26/h3-14,27H,15-20H2,1-2H3,(H,31,35). The molecule has 1 fully saturated rings. The Kier molecular flexibility index (Phi) is 7.98. The first-order valence-electron chi connectivity index (χ1n) is 11.9. The summed E-state index contributed by atoms with van der Waals surface area (Å²) in [5.74, 6) is -0.628. The molecular weight excluding hydrogens is 446 g/mol. The molecule has 1 aliphatic rings. The van der Waals surface area contributed by atoms with Gasteiger partial charge in [0, 0.05) is 58.2 Å². The lowest BCUT2D eigenvalue weighted by Crippen LogP contribution is -2.50. The van der Waals surface area contributed by atoms with Crippen LogP contribution >= 0.6 is 0 Å². The molecule has 1 saturated heterocycles. The normalized spacial score (nSPS) is 15.0. The van der Waals surface area contributed by atoms with Crippen molar-refractivity contribution >= 4 is 17.3 Å². The van der Waals surface area contributed by atoms with Crippen LogP contribution in [0, 0.1) is 11.6 Å². The molecule has 4 rings (SSSR count). The highest BCUT2D eigenvalue weighted by atomic mass is 19.1. The number of carbonyl (C=O) groups excluding carboxylic acids is 1. The van der Waals surface area contributed by atoms with E-state index in [0.29, 0.717) is 6.54 Å². The third kappa shape index (κ3) is 6.57. The minimum Gasteiger partial charge on any atom is -0.378 e. The van der Waals surface area contributed by atoms with E-state index in [4.69, 9.17) is 0 Å². The average molecular weight is 479 g/mol. The van der Waals surface area contributed by atoms with Crippen molar-refractivity contribution in [2.24, 2.45) is 0 Å². The molecule has 0 saturated carbocycles. The molecule has 0 aromatic heterocycles. The monoisotopic (exact) mass is 478 g/mol. The Morgan fingerprint density at radius 1 is 0.857 bits per heavy atom. The van der Waals surface area contributed by atoms with Gasteiger partial charge in [0.15, 0.2) is 0 Å². The number of hydrogen-bond acceptors (Lipinski definition) is 4. The van der Waals surface area contributed by atoms with Crippen molar-refractivity contribution in [2.45, 2.75) is 12.5 Å². The fraction of sp³-hybridized carbons (Fsp3) is 0.321. The summed E-state index contributed by atoms with van der Waals surface area (Å²) in [7, 11) is 4.02. The fourth-order valence-electron chi connectivity index (χ4n) is 4.46. The molecule has 184 valence electrons. The molecular formula is C28H32F2N4O. The molecule has 1 atom stereocenters. The van der Waals surface area contributed by atoms with Crippen molar-refractivity contribution < 1.29 is 13.6 Å². The number of nitrogens with zero attached hydrogens (tertiary/aromatic N) is 3. The van der Waals surface area contributed by atoms with Crippen LogP contribution in [0.25, 0.3) is 0 Å². The topological polar surface area (TPSA) is 38.8 Å². The Bertz CT molecular complexity index is 1090. The highest BCUT2D eigenvalue weighted by Crippen LogP contribution is 2.26. The van der Waals surface area contributed by atoms with Crippen LogP contribution in [0.1, 0.15) is 17.2 Å². The molecule has 5 nitrogen and oxygen atoms in total. The predicted octanol–water partition coefficient (Wildman–Crippen LogP) is 4.25. The third-order valence-corrected chi connectivity index (χ3v) is 6.51. The number of halogens is 2. The summed E-state index contributed by atoms with van der Waals surface area (Å²) in [6, 6.07) is 21.1. The first kappa shape index (κ1) is 24.7. The molecule has 1 amide bonds. The molecule has 1 heterocycles. The lowest BCUT2D eigenvalue weighted by atomic mass is 10.0. The van der Waals surface area contributed by atoms with Crippen molar-refractivity contribution in [3.63, 3.8) is 0 Å². The molecule has 1 N–H and O–H groups in total. The first-order valence-corrected chi connectivity index (χ1v) is 11.9. The van der Waals surface area contributed by atoms with Crippen molar-refractivity contribution in [1.82, 2.24) is 10.2 Å². The molecule has 3 aromatic rings. The van der Waals surface area contributed by atoms with Crippen LogP contribution in [0.4, 0.5) is 20.2 Å². The second kappa shape index (κ2) is 11.3. The van der Waals surface area contributed by atoms with Gasteiger partial charge in [0.2, 0.25) is 5.91 Å². The molecule has 1 aliphatic heterocycles. The van der Waals surface area contributed by atoms with Crippen molar-refractivity contribution in [2.75, 3.05) is 56.6 Å². The summed E-state index contributed by atoms with van der Waals surface area (Å²) < 4.78 is 26.5. The lowest BCUT2D eigenvalue weighted by molar-refractivity contribution is -0.120. The fourth-order valence-corrected chi connectivity index (χ4v) is 4.46. The maximum Gasteiger partial charge on any atom is 0.224 e. The van der Waals surface area contributed by atoms with Gasteiger partial charge in [0.25, 0.3) is 0 Å². The minimum atomic E-state index is -0.310. The molecule has 0 aliphatic carbocycles. The molecule has 7 heteroatoms. The summed E-state index contributed by atoms with van der Waals surface area (Å²) in [6.45, 7) is 3.78. The largest absolute Gasteiger partial charge is 0.378 e. The highest BCUT2D eigenvalue weighted by molar-refractivity contribution is 5.78. The van der Waals surface area contributed by atoms with Crippen LogP contribution in [-0.4, -0.2) is 57.6 Å².